The third-order valence-corrected chi connectivity index (χ3v) is 4.81. The van der Waals surface area contributed by atoms with Crippen molar-refractivity contribution in [2.75, 3.05) is 27.2 Å². The average Bonchev–Trinajstić information content (AvgIpc) is 2.64. The summed E-state index contributed by atoms with van der Waals surface area (Å²) in [4.78, 5) is 14.3. The molecule has 2 rings (SSSR count). The summed E-state index contributed by atoms with van der Waals surface area (Å²) < 4.78 is 6.13. The van der Waals surface area contributed by atoms with Crippen LogP contribution >= 0.6 is 15.9 Å². The summed E-state index contributed by atoms with van der Waals surface area (Å²) in [5.41, 5.74) is 2.43. The third kappa shape index (κ3) is 7.18. The Bertz CT molecular complexity index is 692. The standard InChI is InChI=1S/C21H27BrN2O2/c1-24(16-18-7-4-3-5-8-18)14-6-13-23-21(25)12-10-17-9-11-20(26-2)19(22)15-17/h3-5,7-9,11,15H,6,10,12-14,16H2,1-2H3,(H,23,25). The number of rotatable bonds is 10. The lowest BCUT2D eigenvalue weighted by Gasteiger charge is -2.16. The van der Waals surface area contributed by atoms with Crippen LogP contribution in [0, 0.1) is 0 Å². The van der Waals surface area contributed by atoms with E-state index in [1.807, 2.05) is 24.3 Å². The smallest absolute Gasteiger partial charge is 0.220 e. The lowest BCUT2D eigenvalue weighted by molar-refractivity contribution is -0.121. The first-order valence-electron chi connectivity index (χ1n) is 8.90. The molecule has 0 heterocycles. The molecule has 5 heteroatoms. The second-order valence-electron chi connectivity index (χ2n) is 6.40. The highest BCUT2D eigenvalue weighted by atomic mass is 79.9. The number of hydrogen-bond acceptors (Lipinski definition) is 3. The molecule has 0 spiro atoms. The molecule has 0 aliphatic heterocycles. The van der Waals surface area contributed by atoms with Gasteiger partial charge in [-0.25, -0.2) is 0 Å². The molecule has 26 heavy (non-hydrogen) atoms. The number of hydrogen-bond donors (Lipinski definition) is 1. The Labute approximate surface area is 164 Å². The predicted octanol–water partition coefficient (Wildman–Crippen LogP) is 4.03. The molecule has 0 fully saturated rings. The zero-order valence-corrected chi connectivity index (χ0v) is 17.1. The molecule has 0 radical (unpaired) electrons. The van der Waals surface area contributed by atoms with Crippen LogP contribution in [0.2, 0.25) is 0 Å². The number of carbonyl (C=O) groups is 1. The monoisotopic (exact) mass is 418 g/mol. The van der Waals surface area contributed by atoms with Crippen molar-refractivity contribution in [3.05, 3.63) is 64.1 Å². The molecule has 0 atom stereocenters. The fourth-order valence-corrected chi connectivity index (χ4v) is 3.35. The number of aryl methyl sites for hydroxylation is 1. The Kier molecular flexibility index (Phi) is 8.65. The van der Waals surface area contributed by atoms with Crippen LogP contribution < -0.4 is 10.1 Å². The van der Waals surface area contributed by atoms with Crippen LogP contribution in [-0.2, 0) is 17.8 Å². The summed E-state index contributed by atoms with van der Waals surface area (Å²) in [5.74, 6) is 0.903. The van der Waals surface area contributed by atoms with Crippen molar-refractivity contribution in [3.63, 3.8) is 0 Å². The first-order valence-corrected chi connectivity index (χ1v) is 9.69. The van der Waals surface area contributed by atoms with Crippen LogP contribution in [0.5, 0.6) is 5.75 Å². The predicted molar refractivity (Wildman–Crippen MR) is 109 cm³/mol. The van der Waals surface area contributed by atoms with Gasteiger partial charge in [0.25, 0.3) is 0 Å². The summed E-state index contributed by atoms with van der Waals surface area (Å²) in [5, 5.41) is 3.01. The van der Waals surface area contributed by atoms with E-state index in [9.17, 15) is 4.79 Å². The number of nitrogens with zero attached hydrogens (tertiary/aromatic N) is 1. The van der Waals surface area contributed by atoms with Crippen molar-refractivity contribution in [3.8, 4) is 5.75 Å². The Hall–Kier alpha value is -1.85. The topological polar surface area (TPSA) is 41.6 Å². The summed E-state index contributed by atoms with van der Waals surface area (Å²) in [7, 11) is 3.75. The maximum Gasteiger partial charge on any atom is 0.220 e. The summed E-state index contributed by atoms with van der Waals surface area (Å²) in [6, 6.07) is 16.3. The van der Waals surface area contributed by atoms with E-state index in [1.165, 1.54) is 5.56 Å². The van der Waals surface area contributed by atoms with Gasteiger partial charge in [0, 0.05) is 19.5 Å². The molecule has 4 nitrogen and oxygen atoms in total. The van der Waals surface area contributed by atoms with Crippen molar-refractivity contribution in [2.24, 2.45) is 0 Å². The minimum atomic E-state index is 0.0997. The van der Waals surface area contributed by atoms with Gasteiger partial charge in [-0.05, 0) is 65.6 Å². The van der Waals surface area contributed by atoms with Gasteiger partial charge in [0.1, 0.15) is 5.75 Å². The molecular weight excluding hydrogens is 392 g/mol. The first kappa shape index (κ1) is 20.5. The van der Waals surface area contributed by atoms with Crippen molar-refractivity contribution < 1.29 is 9.53 Å². The highest BCUT2D eigenvalue weighted by Gasteiger charge is 2.06. The molecule has 0 saturated carbocycles. The van der Waals surface area contributed by atoms with Gasteiger partial charge >= 0.3 is 0 Å². The molecule has 0 saturated heterocycles. The SMILES string of the molecule is COc1ccc(CCC(=O)NCCCN(C)Cc2ccccc2)cc1Br. The lowest BCUT2D eigenvalue weighted by atomic mass is 10.1. The van der Waals surface area contributed by atoms with Gasteiger partial charge in [-0.2, -0.15) is 0 Å². The van der Waals surface area contributed by atoms with Gasteiger partial charge in [0.2, 0.25) is 5.91 Å². The first-order chi connectivity index (χ1) is 12.6. The average molecular weight is 419 g/mol. The Morgan fingerprint density at radius 3 is 2.62 bits per heavy atom. The Morgan fingerprint density at radius 1 is 1.15 bits per heavy atom. The number of ether oxygens (including phenoxy) is 1. The summed E-state index contributed by atoms with van der Waals surface area (Å²) >= 11 is 3.47. The summed E-state index contributed by atoms with van der Waals surface area (Å²) in [6.07, 6.45) is 2.17. The van der Waals surface area contributed by atoms with Crippen LogP contribution in [0.25, 0.3) is 0 Å². The molecule has 0 aliphatic rings. The van der Waals surface area contributed by atoms with Gasteiger partial charge in [-0.1, -0.05) is 36.4 Å². The lowest BCUT2D eigenvalue weighted by Crippen LogP contribution is -2.28. The second-order valence-corrected chi connectivity index (χ2v) is 7.25. The molecule has 0 unspecified atom stereocenters. The van der Waals surface area contributed by atoms with E-state index in [1.54, 1.807) is 7.11 Å². The zero-order valence-electron chi connectivity index (χ0n) is 15.5. The van der Waals surface area contributed by atoms with Crippen LogP contribution in [0.15, 0.2) is 53.0 Å². The summed E-state index contributed by atoms with van der Waals surface area (Å²) in [6.45, 7) is 2.60. The molecule has 1 N–H and O–H groups in total. The third-order valence-electron chi connectivity index (χ3n) is 4.19. The quantitative estimate of drug-likeness (QED) is 0.592. The number of halogens is 1. The van der Waals surface area contributed by atoms with E-state index in [4.69, 9.17) is 4.74 Å². The van der Waals surface area contributed by atoms with Gasteiger partial charge in [-0.15, -0.1) is 0 Å². The Morgan fingerprint density at radius 2 is 1.92 bits per heavy atom. The largest absolute Gasteiger partial charge is 0.496 e. The number of amides is 1. The molecule has 0 aliphatic carbocycles. The minimum Gasteiger partial charge on any atom is -0.496 e. The van der Waals surface area contributed by atoms with Gasteiger partial charge in [0.15, 0.2) is 0 Å². The van der Waals surface area contributed by atoms with Crippen molar-refractivity contribution in [1.29, 1.82) is 0 Å². The number of benzene rings is 2. The zero-order chi connectivity index (χ0) is 18.8. The van der Waals surface area contributed by atoms with E-state index in [2.05, 4.69) is 57.5 Å². The molecule has 0 bridgehead atoms. The normalized spacial score (nSPS) is 10.8. The number of methoxy groups -OCH3 is 1. The van der Waals surface area contributed by atoms with E-state index >= 15 is 0 Å². The van der Waals surface area contributed by atoms with Crippen LogP contribution in [0.1, 0.15) is 24.0 Å². The second kappa shape index (κ2) is 11.0. The van der Waals surface area contributed by atoms with Crippen molar-refractivity contribution in [1.82, 2.24) is 10.2 Å². The molecular formula is C21H27BrN2O2. The van der Waals surface area contributed by atoms with Crippen molar-refractivity contribution in [2.45, 2.75) is 25.8 Å². The van der Waals surface area contributed by atoms with Crippen molar-refractivity contribution >= 4 is 21.8 Å². The Balaban J connectivity index is 1.61. The van der Waals surface area contributed by atoms with Gasteiger partial charge in [0.05, 0.1) is 11.6 Å². The van der Waals surface area contributed by atoms with E-state index < -0.39 is 0 Å². The van der Waals surface area contributed by atoms with Gasteiger partial charge in [-0.3, -0.25) is 4.79 Å². The fourth-order valence-electron chi connectivity index (χ4n) is 2.76. The fraction of sp³-hybridized carbons (Fsp3) is 0.381. The molecule has 1 amide bonds. The molecule has 0 aromatic heterocycles. The maximum absolute atomic E-state index is 12.0. The highest BCUT2D eigenvalue weighted by Crippen LogP contribution is 2.25. The van der Waals surface area contributed by atoms with Crippen LogP contribution in [-0.4, -0.2) is 38.1 Å². The highest BCUT2D eigenvalue weighted by molar-refractivity contribution is 9.10. The maximum atomic E-state index is 12.0. The molecule has 140 valence electrons. The van der Waals surface area contributed by atoms with Crippen LogP contribution in [0.3, 0.4) is 0 Å². The molecule has 2 aromatic carbocycles. The number of carbonyl (C=O) groups excluding carboxylic acids is 1. The number of nitrogens with one attached hydrogen (secondary N) is 1. The van der Waals surface area contributed by atoms with E-state index in [-0.39, 0.29) is 5.91 Å². The minimum absolute atomic E-state index is 0.0997. The van der Waals surface area contributed by atoms with Crippen LogP contribution in [0.4, 0.5) is 0 Å². The van der Waals surface area contributed by atoms with Gasteiger partial charge < -0.3 is 15.0 Å². The molecule has 2 aromatic rings. The van der Waals surface area contributed by atoms with E-state index in [0.717, 1.165) is 41.7 Å². The van der Waals surface area contributed by atoms with E-state index in [0.29, 0.717) is 13.0 Å².